The summed E-state index contributed by atoms with van der Waals surface area (Å²) < 4.78 is 63.3. The summed E-state index contributed by atoms with van der Waals surface area (Å²) in [6, 6.07) is 6.66. The molecule has 0 heterocycles. The summed E-state index contributed by atoms with van der Waals surface area (Å²) in [5.74, 6) is -2.95. The van der Waals surface area contributed by atoms with Gasteiger partial charge in [0.2, 0.25) is 0 Å². The zero-order chi connectivity index (χ0) is 22.0. The van der Waals surface area contributed by atoms with Gasteiger partial charge in [-0.1, -0.05) is 43.5 Å². The highest BCUT2D eigenvalue weighted by Gasteiger charge is 2.28. The van der Waals surface area contributed by atoms with Crippen LogP contribution in [0, 0.1) is 30.2 Å². The van der Waals surface area contributed by atoms with Crippen LogP contribution < -0.4 is 0 Å². The van der Waals surface area contributed by atoms with Crippen molar-refractivity contribution in [2.24, 2.45) is 0 Å². The Labute approximate surface area is 181 Å². The van der Waals surface area contributed by atoms with Gasteiger partial charge in [-0.2, -0.15) is 0 Å². The van der Waals surface area contributed by atoms with Gasteiger partial charge in [-0.3, -0.25) is 0 Å². The van der Waals surface area contributed by atoms with Gasteiger partial charge in [0, 0.05) is 5.56 Å². The van der Waals surface area contributed by atoms with Crippen LogP contribution in [-0.2, 0) is 11.3 Å². The van der Waals surface area contributed by atoms with Crippen molar-refractivity contribution in [2.75, 3.05) is 0 Å². The maximum atomic E-state index is 14.9. The van der Waals surface area contributed by atoms with E-state index >= 15 is 0 Å². The molecule has 0 amide bonds. The van der Waals surface area contributed by atoms with Crippen LogP contribution in [0.15, 0.2) is 24.3 Å². The Morgan fingerprint density at radius 1 is 0.677 bits per heavy atom. The molecule has 0 spiro atoms. The highest BCUT2D eigenvalue weighted by molar-refractivity contribution is 5.32. The fourth-order valence-corrected chi connectivity index (χ4v) is 5.17. The van der Waals surface area contributed by atoms with E-state index in [4.69, 9.17) is 4.74 Å². The van der Waals surface area contributed by atoms with Crippen molar-refractivity contribution in [1.29, 1.82) is 0 Å². The molecule has 5 heteroatoms. The molecule has 2 saturated carbocycles. The van der Waals surface area contributed by atoms with Crippen LogP contribution in [0.2, 0.25) is 0 Å². The van der Waals surface area contributed by atoms with Crippen LogP contribution in [0.25, 0.3) is 0 Å². The zero-order valence-corrected chi connectivity index (χ0v) is 18.0. The highest BCUT2D eigenvalue weighted by Crippen LogP contribution is 2.40. The standard InChI is InChI=1S/C26H30F4O/c1-16-7-8-19(24(28)23(16)27)15-31-20-11-9-18(10-12-20)22-14-13-21(25(29)26(22)30)17-5-3-2-4-6-17/h7-8,13-14,17-18,20H,2-6,9-12,15H2,1H3. The number of hydrogen-bond donors (Lipinski definition) is 0. The summed E-state index contributed by atoms with van der Waals surface area (Å²) in [7, 11) is 0. The molecule has 0 aromatic heterocycles. The van der Waals surface area contributed by atoms with Crippen molar-refractivity contribution in [1.82, 2.24) is 0 Å². The van der Waals surface area contributed by atoms with E-state index in [0.29, 0.717) is 36.8 Å². The molecule has 0 bridgehead atoms. The number of rotatable bonds is 5. The molecule has 2 aliphatic rings. The lowest BCUT2D eigenvalue weighted by molar-refractivity contribution is 0.0116. The van der Waals surface area contributed by atoms with Crippen LogP contribution >= 0.6 is 0 Å². The summed E-state index contributed by atoms with van der Waals surface area (Å²) in [6.45, 7) is 1.53. The Morgan fingerprint density at radius 2 is 1.26 bits per heavy atom. The van der Waals surface area contributed by atoms with E-state index in [2.05, 4.69) is 0 Å². The van der Waals surface area contributed by atoms with Gasteiger partial charge in [-0.15, -0.1) is 0 Å². The van der Waals surface area contributed by atoms with E-state index < -0.39 is 23.3 Å². The Kier molecular flexibility index (Phi) is 7.00. The molecular weight excluding hydrogens is 404 g/mol. The minimum absolute atomic E-state index is 0.0114. The van der Waals surface area contributed by atoms with Gasteiger partial charge in [-0.05, 0) is 74.0 Å². The SMILES string of the molecule is Cc1ccc(COC2CCC(c3ccc(C4CCCCC4)c(F)c3F)CC2)c(F)c1F. The van der Waals surface area contributed by atoms with Crippen LogP contribution in [-0.4, -0.2) is 6.10 Å². The molecule has 4 rings (SSSR count). The van der Waals surface area contributed by atoms with E-state index in [1.807, 2.05) is 0 Å². The smallest absolute Gasteiger partial charge is 0.164 e. The Bertz CT molecular complexity index is 912. The third kappa shape index (κ3) is 4.82. The van der Waals surface area contributed by atoms with Gasteiger partial charge in [0.15, 0.2) is 23.3 Å². The van der Waals surface area contributed by atoms with E-state index in [-0.39, 0.29) is 35.7 Å². The van der Waals surface area contributed by atoms with Gasteiger partial charge < -0.3 is 4.74 Å². The Morgan fingerprint density at radius 3 is 1.87 bits per heavy atom. The molecular formula is C26H30F4O. The summed E-state index contributed by atoms with van der Waals surface area (Å²) in [5, 5.41) is 0. The van der Waals surface area contributed by atoms with Gasteiger partial charge in [-0.25, -0.2) is 17.6 Å². The quantitative estimate of drug-likeness (QED) is 0.436. The minimum atomic E-state index is -0.857. The number of aryl methyl sites for hydroxylation is 1. The Balaban J connectivity index is 1.35. The van der Waals surface area contributed by atoms with Crippen molar-refractivity contribution in [2.45, 2.75) is 89.3 Å². The second-order valence-corrected chi connectivity index (χ2v) is 9.16. The first kappa shape index (κ1) is 22.3. The molecule has 0 aliphatic heterocycles. The summed E-state index contributed by atoms with van der Waals surface area (Å²) in [6.07, 6.45) is 7.87. The van der Waals surface area contributed by atoms with Crippen LogP contribution in [0.4, 0.5) is 17.6 Å². The lowest BCUT2D eigenvalue weighted by Gasteiger charge is -2.30. The first-order chi connectivity index (χ1) is 15.0. The third-order valence-electron chi connectivity index (χ3n) is 7.13. The molecule has 0 atom stereocenters. The first-order valence-electron chi connectivity index (χ1n) is 11.5. The predicted molar refractivity (Wildman–Crippen MR) is 113 cm³/mol. The van der Waals surface area contributed by atoms with E-state index in [1.54, 1.807) is 24.3 Å². The largest absolute Gasteiger partial charge is 0.373 e. The fraction of sp³-hybridized carbons (Fsp3) is 0.538. The minimum Gasteiger partial charge on any atom is -0.373 e. The molecule has 31 heavy (non-hydrogen) atoms. The van der Waals surface area contributed by atoms with Crippen LogP contribution in [0.3, 0.4) is 0 Å². The molecule has 1 nitrogen and oxygen atoms in total. The lowest BCUT2D eigenvalue weighted by Crippen LogP contribution is -2.22. The maximum Gasteiger partial charge on any atom is 0.164 e. The molecule has 0 radical (unpaired) electrons. The van der Waals surface area contributed by atoms with Crippen molar-refractivity contribution in [3.05, 3.63) is 69.8 Å². The van der Waals surface area contributed by atoms with Gasteiger partial charge in [0.1, 0.15) is 0 Å². The topological polar surface area (TPSA) is 9.23 Å². The van der Waals surface area contributed by atoms with Gasteiger partial charge >= 0.3 is 0 Å². The fourth-order valence-electron chi connectivity index (χ4n) is 5.17. The first-order valence-corrected chi connectivity index (χ1v) is 11.5. The average molecular weight is 435 g/mol. The molecule has 0 unspecified atom stereocenters. The third-order valence-corrected chi connectivity index (χ3v) is 7.13. The number of halogens is 4. The van der Waals surface area contributed by atoms with Crippen LogP contribution in [0.5, 0.6) is 0 Å². The number of hydrogen-bond acceptors (Lipinski definition) is 1. The Hall–Kier alpha value is -1.88. The second kappa shape index (κ2) is 9.72. The number of benzene rings is 2. The second-order valence-electron chi connectivity index (χ2n) is 9.16. The monoisotopic (exact) mass is 434 g/mol. The molecule has 2 aromatic carbocycles. The summed E-state index contributed by atoms with van der Waals surface area (Å²) >= 11 is 0. The van der Waals surface area contributed by atoms with E-state index in [1.165, 1.54) is 13.3 Å². The highest BCUT2D eigenvalue weighted by atomic mass is 19.2. The van der Waals surface area contributed by atoms with E-state index in [0.717, 1.165) is 25.7 Å². The van der Waals surface area contributed by atoms with Gasteiger partial charge in [0.25, 0.3) is 0 Å². The molecule has 0 N–H and O–H groups in total. The van der Waals surface area contributed by atoms with Crippen LogP contribution in [0.1, 0.15) is 91.9 Å². The molecule has 168 valence electrons. The van der Waals surface area contributed by atoms with Crippen molar-refractivity contribution in [3.63, 3.8) is 0 Å². The summed E-state index contributed by atoms with van der Waals surface area (Å²) in [4.78, 5) is 0. The average Bonchev–Trinajstić information content (AvgIpc) is 2.80. The van der Waals surface area contributed by atoms with Gasteiger partial charge in [0.05, 0.1) is 12.7 Å². The normalized spacial score (nSPS) is 22.6. The summed E-state index contributed by atoms with van der Waals surface area (Å²) in [5.41, 5.74) is 1.47. The van der Waals surface area contributed by atoms with Crippen molar-refractivity contribution in [3.8, 4) is 0 Å². The van der Waals surface area contributed by atoms with Crippen molar-refractivity contribution < 1.29 is 22.3 Å². The molecule has 0 saturated heterocycles. The molecule has 2 aromatic rings. The number of ether oxygens (including phenoxy) is 1. The predicted octanol–water partition coefficient (Wildman–Crippen LogP) is 7.84. The molecule has 2 aliphatic carbocycles. The molecule has 2 fully saturated rings. The van der Waals surface area contributed by atoms with E-state index in [9.17, 15) is 17.6 Å². The lowest BCUT2D eigenvalue weighted by atomic mass is 9.80. The van der Waals surface area contributed by atoms with Crippen molar-refractivity contribution >= 4 is 0 Å². The maximum absolute atomic E-state index is 14.9. The zero-order valence-electron chi connectivity index (χ0n) is 18.0.